The molecule has 0 radical (unpaired) electrons. The van der Waals surface area contributed by atoms with Gasteiger partial charge in [0, 0.05) is 17.6 Å². The van der Waals surface area contributed by atoms with Gasteiger partial charge in [-0.15, -0.1) is 0 Å². The van der Waals surface area contributed by atoms with E-state index >= 15 is 0 Å². The van der Waals surface area contributed by atoms with E-state index in [0.29, 0.717) is 29.7 Å². The zero-order valence-corrected chi connectivity index (χ0v) is 15.5. The van der Waals surface area contributed by atoms with Gasteiger partial charge in [-0.1, -0.05) is 36.4 Å². The third-order valence-electron chi connectivity index (χ3n) is 4.49. The van der Waals surface area contributed by atoms with Crippen molar-refractivity contribution in [1.82, 2.24) is 19.5 Å². The second-order valence-electron chi connectivity index (χ2n) is 6.51. The second kappa shape index (κ2) is 7.11. The molecule has 0 aliphatic rings. The SMILES string of the molecule is Cc1nc(NCc2ccccc2)nc(-n2c(C)cc3c(C(=O)O)cccc32)n1. The Morgan fingerprint density at radius 3 is 2.57 bits per heavy atom. The fraction of sp³-hybridized carbons (Fsp3) is 0.143. The van der Waals surface area contributed by atoms with E-state index in [0.717, 1.165) is 16.8 Å². The normalized spacial score (nSPS) is 10.9. The first kappa shape index (κ1) is 17.7. The lowest BCUT2D eigenvalue weighted by Crippen LogP contribution is -2.11. The summed E-state index contributed by atoms with van der Waals surface area (Å²) in [5.74, 6) is 0.552. The Morgan fingerprint density at radius 2 is 1.82 bits per heavy atom. The number of nitrogens with one attached hydrogen (secondary N) is 1. The molecule has 2 heterocycles. The molecule has 7 nitrogen and oxygen atoms in total. The molecular weight excluding hydrogens is 354 g/mol. The van der Waals surface area contributed by atoms with Gasteiger partial charge in [0.05, 0.1) is 11.1 Å². The highest BCUT2D eigenvalue weighted by Gasteiger charge is 2.16. The van der Waals surface area contributed by atoms with Crippen molar-refractivity contribution in [2.45, 2.75) is 20.4 Å². The Bertz CT molecular complexity index is 1170. The Hall–Kier alpha value is -3.74. The standard InChI is InChI=1S/C21H19N5O2/c1-13-11-17-16(19(27)28)9-6-10-18(17)26(13)21-24-14(2)23-20(25-21)22-12-15-7-4-3-5-8-15/h3-11H,12H2,1-2H3,(H,27,28)(H,22,23,24,25). The van der Waals surface area contributed by atoms with Crippen LogP contribution >= 0.6 is 0 Å². The minimum Gasteiger partial charge on any atom is -0.478 e. The van der Waals surface area contributed by atoms with Crippen LogP contribution < -0.4 is 5.32 Å². The van der Waals surface area contributed by atoms with E-state index in [1.807, 2.05) is 60.9 Å². The number of carboxylic acids is 1. The van der Waals surface area contributed by atoms with Crippen molar-refractivity contribution in [3.05, 3.63) is 77.2 Å². The lowest BCUT2D eigenvalue weighted by molar-refractivity contribution is 0.0699. The number of benzene rings is 2. The van der Waals surface area contributed by atoms with Crippen LogP contribution in [0, 0.1) is 13.8 Å². The predicted octanol–water partition coefficient (Wildman–Crippen LogP) is 3.74. The average Bonchev–Trinajstić information content (AvgIpc) is 3.02. The van der Waals surface area contributed by atoms with Gasteiger partial charge in [-0.2, -0.15) is 15.0 Å². The maximum Gasteiger partial charge on any atom is 0.336 e. The maximum atomic E-state index is 11.5. The zero-order chi connectivity index (χ0) is 19.7. The molecule has 2 N–H and O–H groups in total. The van der Waals surface area contributed by atoms with Gasteiger partial charge in [0.2, 0.25) is 11.9 Å². The number of hydrogen-bond donors (Lipinski definition) is 2. The third kappa shape index (κ3) is 3.29. The van der Waals surface area contributed by atoms with Crippen molar-refractivity contribution >= 4 is 22.8 Å². The molecule has 0 fully saturated rings. The van der Waals surface area contributed by atoms with Crippen molar-refractivity contribution < 1.29 is 9.90 Å². The number of anilines is 1. The van der Waals surface area contributed by atoms with Crippen LogP contribution in [-0.4, -0.2) is 30.6 Å². The number of aromatic carboxylic acids is 1. The zero-order valence-electron chi connectivity index (χ0n) is 15.5. The number of hydrogen-bond acceptors (Lipinski definition) is 5. The molecule has 28 heavy (non-hydrogen) atoms. The Balaban J connectivity index is 1.75. The van der Waals surface area contributed by atoms with Gasteiger partial charge < -0.3 is 10.4 Å². The van der Waals surface area contributed by atoms with E-state index in [4.69, 9.17) is 0 Å². The summed E-state index contributed by atoms with van der Waals surface area (Å²) in [5, 5.41) is 13.3. The molecule has 0 amide bonds. The monoisotopic (exact) mass is 373 g/mol. The predicted molar refractivity (Wildman–Crippen MR) is 107 cm³/mol. The van der Waals surface area contributed by atoms with Gasteiger partial charge in [-0.05, 0) is 37.6 Å². The highest BCUT2D eigenvalue weighted by atomic mass is 16.4. The minimum absolute atomic E-state index is 0.257. The minimum atomic E-state index is -0.959. The van der Waals surface area contributed by atoms with Crippen molar-refractivity contribution in [2.24, 2.45) is 0 Å². The molecule has 0 bridgehead atoms. The molecule has 0 spiro atoms. The van der Waals surface area contributed by atoms with Gasteiger partial charge >= 0.3 is 5.97 Å². The van der Waals surface area contributed by atoms with Crippen LogP contribution in [-0.2, 0) is 6.54 Å². The summed E-state index contributed by atoms with van der Waals surface area (Å²) in [7, 11) is 0. The summed E-state index contributed by atoms with van der Waals surface area (Å²) in [6, 6.07) is 17.0. The van der Waals surface area contributed by atoms with Gasteiger partial charge in [-0.25, -0.2) is 4.79 Å². The highest BCUT2D eigenvalue weighted by Crippen LogP contribution is 2.26. The number of nitrogens with zero attached hydrogens (tertiary/aromatic N) is 4. The molecule has 4 rings (SSSR count). The molecule has 2 aromatic heterocycles. The number of fused-ring (bicyclic) bond motifs is 1. The van der Waals surface area contributed by atoms with Crippen LogP contribution in [0.15, 0.2) is 54.6 Å². The highest BCUT2D eigenvalue weighted by molar-refractivity contribution is 6.03. The van der Waals surface area contributed by atoms with Crippen LogP contribution in [0.3, 0.4) is 0 Å². The summed E-state index contributed by atoms with van der Waals surface area (Å²) in [6.45, 7) is 4.31. The topological polar surface area (TPSA) is 92.9 Å². The molecule has 7 heteroatoms. The fourth-order valence-corrected chi connectivity index (χ4v) is 3.24. The van der Waals surface area contributed by atoms with Crippen molar-refractivity contribution in [3.8, 4) is 5.95 Å². The first-order valence-corrected chi connectivity index (χ1v) is 8.88. The quantitative estimate of drug-likeness (QED) is 0.553. The lowest BCUT2D eigenvalue weighted by atomic mass is 10.1. The van der Waals surface area contributed by atoms with E-state index in [1.165, 1.54) is 0 Å². The van der Waals surface area contributed by atoms with Crippen LogP contribution in [0.25, 0.3) is 16.9 Å². The first-order valence-electron chi connectivity index (χ1n) is 8.88. The number of rotatable bonds is 5. The molecule has 140 valence electrons. The van der Waals surface area contributed by atoms with E-state index in [-0.39, 0.29) is 5.56 Å². The molecule has 4 aromatic rings. The smallest absolute Gasteiger partial charge is 0.336 e. The van der Waals surface area contributed by atoms with Gasteiger partial charge in [0.15, 0.2) is 0 Å². The van der Waals surface area contributed by atoms with E-state index < -0.39 is 5.97 Å². The van der Waals surface area contributed by atoms with E-state index in [2.05, 4.69) is 20.3 Å². The molecule has 0 saturated carbocycles. The largest absolute Gasteiger partial charge is 0.478 e. The van der Waals surface area contributed by atoms with Gasteiger partial charge in [-0.3, -0.25) is 4.57 Å². The summed E-state index contributed by atoms with van der Waals surface area (Å²) < 4.78 is 1.85. The van der Waals surface area contributed by atoms with Gasteiger partial charge in [0.1, 0.15) is 5.82 Å². The van der Waals surface area contributed by atoms with Crippen LogP contribution in [0.4, 0.5) is 5.95 Å². The molecule has 0 aliphatic heterocycles. The average molecular weight is 373 g/mol. The number of aryl methyl sites for hydroxylation is 2. The molecular formula is C21H19N5O2. The van der Waals surface area contributed by atoms with Crippen molar-refractivity contribution in [1.29, 1.82) is 0 Å². The number of carbonyl (C=O) groups is 1. The maximum absolute atomic E-state index is 11.5. The Labute approximate surface area is 161 Å². The third-order valence-corrected chi connectivity index (χ3v) is 4.49. The Kier molecular flexibility index (Phi) is 4.49. The first-order chi connectivity index (χ1) is 13.5. The Morgan fingerprint density at radius 1 is 1.04 bits per heavy atom. The van der Waals surface area contributed by atoms with Gasteiger partial charge in [0.25, 0.3) is 0 Å². The summed E-state index contributed by atoms with van der Waals surface area (Å²) >= 11 is 0. The van der Waals surface area contributed by atoms with E-state index in [9.17, 15) is 9.90 Å². The summed E-state index contributed by atoms with van der Waals surface area (Å²) in [4.78, 5) is 24.9. The van der Waals surface area contributed by atoms with Crippen LogP contribution in [0.2, 0.25) is 0 Å². The summed E-state index contributed by atoms with van der Waals surface area (Å²) in [5.41, 5.74) is 2.98. The fourth-order valence-electron chi connectivity index (χ4n) is 3.24. The molecule has 0 aliphatic carbocycles. The van der Waals surface area contributed by atoms with Crippen LogP contribution in [0.1, 0.15) is 27.4 Å². The van der Waals surface area contributed by atoms with Crippen molar-refractivity contribution in [2.75, 3.05) is 5.32 Å². The molecule has 2 aromatic carbocycles. The number of carboxylic acid groups (broad SMARTS) is 1. The lowest BCUT2D eigenvalue weighted by Gasteiger charge is -2.10. The van der Waals surface area contributed by atoms with Crippen LogP contribution in [0.5, 0.6) is 0 Å². The number of aromatic nitrogens is 4. The molecule has 0 saturated heterocycles. The van der Waals surface area contributed by atoms with Crippen molar-refractivity contribution in [3.63, 3.8) is 0 Å². The molecule has 0 atom stereocenters. The summed E-state index contributed by atoms with van der Waals surface area (Å²) in [6.07, 6.45) is 0. The second-order valence-corrected chi connectivity index (χ2v) is 6.51. The van der Waals surface area contributed by atoms with E-state index in [1.54, 1.807) is 12.1 Å². The molecule has 0 unspecified atom stereocenters.